The SMILES string of the molecule is N#CCC1(c2ccccc2)CC1COCc1ccccc1. The van der Waals surface area contributed by atoms with Gasteiger partial charge in [-0.2, -0.15) is 5.26 Å². The molecule has 1 aliphatic carbocycles. The zero-order valence-corrected chi connectivity index (χ0v) is 12.0. The van der Waals surface area contributed by atoms with Crippen LogP contribution in [-0.4, -0.2) is 6.61 Å². The van der Waals surface area contributed by atoms with Crippen molar-refractivity contribution in [3.05, 3.63) is 71.8 Å². The zero-order chi connectivity index (χ0) is 14.5. The Kier molecular flexibility index (Phi) is 4.03. The van der Waals surface area contributed by atoms with Crippen LogP contribution in [0.4, 0.5) is 0 Å². The van der Waals surface area contributed by atoms with Crippen molar-refractivity contribution in [2.24, 2.45) is 5.92 Å². The average molecular weight is 277 g/mol. The predicted molar refractivity (Wildman–Crippen MR) is 82.6 cm³/mol. The Labute approximate surface area is 126 Å². The Bertz CT molecular complexity index is 617. The zero-order valence-electron chi connectivity index (χ0n) is 12.0. The molecule has 2 heteroatoms. The first-order valence-corrected chi connectivity index (χ1v) is 7.39. The van der Waals surface area contributed by atoms with E-state index in [0.29, 0.717) is 18.9 Å². The number of hydrogen-bond acceptors (Lipinski definition) is 2. The second-order valence-corrected chi connectivity index (χ2v) is 5.76. The van der Waals surface area contributed by atoms with Gasteiger partial charge in [0.25, 0.3) is 0 Å². The molecule has 2 atom stereocenters. The van der Waals surface area contributed by atoms with Crippen LogP contribution in [0.3, 0.4) is 0 Å². The van der Waals surface area contributed by atoms with E-state index in [4.69, 9.17) is 10.00 Å². The number of benzene rings is 2. The van der Waals surface area contributed by atoms with Crippen molar-refractivity contribution >= 4 is 0 Å². The van der Waals surface area contributed by atoms with E-state index in [2.05, 4.69) is 42.5 Å². The average Bonchev–Trinajstić information content (AvgIpc) is 3.24. The van der Waals surface area contributed by atoms with E-state index < -0.39 is 0 Å². The molecule has 0 N–H and O–H groups in total. The van der Waals surface area contributed by atoms with Crippen LogP contribution in [0.1, 0.15) is 24.0 Å². The smallest absolute Gasteiger partial charge is 0.0717 e. The Morgan fingerprint density at radius 3 is 2.38 bits per heavy atom. The molecule has 0 spiro atoms. The molecule has 0 aromatic heterocycles. The first-order valence-electron chi connectivity index (χ1n) is 7.39. The van der Waals surface area contributed by atoms with Crippen molar-refractivity contribution in [2.75, 3.05) is 6.61 Å². The van der Waals surface area contributed by atoms with Gasteiger partial charge in [0, 0.05) is 11.8 Å². The van der Waals surface area contributed by atoms with Gasteiger partial charge in [-0.1, -0.05) is 60.7 Å². The van der Waals surface area contributed by atoms with Crippen LogP contribution in [0.25, 0.3) is 0 Å². The summed E-state index contributed by atoms with van der Waals surface area (Å²) in [5.41, 5.74) is 2.50. The highest BCUT2D eigenvalue weighted by molar-refractivity contribution is 5.35. The summed E-state index contributed by atoms with van der Waals surface area (Å²) in [7, 11) is 0. The molecule has 106 valence electrons. The van der Waals surface area contributed by atoms with Gasteiger partial charge >= 0.3 is 0 Å². The van der Waals surface area contributed by atoms with Gasteiger partial charge in [0.1, 0.15) is 0 Å². The normalized spacial score (nSPS) is 23.5. The third kappa shape index (κ3) is 2.99. The third-order valence-corrected chi connectivity index (χ3v) is 4.41. The van der Waals surface area contributed by atoms with Gasteiger partial charge in [-0.25, -0.2) is 0 Å². The number of hydrogen-bond donors (Lipinski definition) is 0. The van der Waals surface area contributed by atoms with Gasteiger partial charge in [-0.15, -0.1) is 0 Å². The topological polar surface area (TPSA) is 33.0 Å². The van der Waals surface area contributed by atoms with Gasteiger partial charge < -0.3 is 4.74 Å². The molecule has 0 bridgehead atoms. The lowest BCUT2D eigenvalue weighted by molar-refractivity contribution is 0.106. The van der Waals surface area contributed by atoms with E-state index >= 15 is 0 Å². The number of nitrogens with zero attached hydrogens (tertiary/aromatic N) is 1. The minimum atomic E-state index is 0.0205. The molecule has 1 aliphatic rings. The number of rotatable bonds is 6. The number of nitriles is 1. The maximum Gasteiger partial charge on any atom is 0.0717 e. The standard InChI is InChI=1S/C19H19NO/c20-12-11-19(17-9-5-2-6-10-17)13-18(19)15-21-14-16-7-3-1-4-8-16/h1-10,18H,11,13-15H2. The fourth-order valence-corrected chi connectivity index (χ4v) is 3.08. The van der Waals surface area contributed by atoms with Crippen LogP contribution in [-0.2, 0) is 16.8 Å². The van der Waals surface area contributed by atoms with Gasteiger partial charge in [-0.05, 0) is 23.5 Å². The second kappa shape index (κ2) is 6.11. The van der Waals surface area contributed by atoms with Crippen molar-refractivity contribution in [2.45, 2.75) is 24.9 Å². The molecule has 0 heterocycles. The van der Waals surface area contributed by atoms with Gasteiger partial charge in [-0.3, -0.25) is 0 Å². The van der Waals surface area contributed by atoms with Gasteiger partial charge in [0.15, 0.2) is 0 Å². The molecule has 0 aliphatic heterocycles. The first kappa shape index (κ1) is 13.9. The van der Waals surface area contributed by atoms with E-state index in [9.17, 15) is 0 Å². The van der Waals surface area contributed by atoms with Crippen LogP contribution >= 0.6 is 0 Å². The fraction of sp³-hybridized carbons (Fsp3) is 0.316. The number of ether oxygens (including phenoxy) is 1. The molecule has 0 radical (unpaired) electrons. The lowest BCUT2D eigenvalue weighted by Gasteiger charge is -2.14. The summed E-state index contributed by atoms with van der Waals surface area (Å²) in [5, 5.41) is 9.13. The van der Waals surface area contributed by atoms with Gasteiger partial charge in [0.2, 0.25) is 0 Å². The Hall–Kier alpha value is -2.11. The monoisotopic (exact) mass is 277 g/mol. The highest BCUT2D eigenvalue weighted by Gasteiger charge is 2.54. The maximum atomic E-state index is 9.13. The molecule has 2 unspecified atom stereocenters. The van der Waals surface area contributed by atoms with E-state index in [1.165, 1.54) is 11.1 Å². The molecular weight excluding hydrogens is 258 g/mol. The Morgan fingerprint density at radius 2 is 1.71 bits per heavy atom. The molecule has 3 rings (SSSR count). The molecule has 1 fully saturated rings. The lowest BCUT2D eigenvalue weighted by Crippen LogP contribution is -2.12. The molecule has 1 saturated carbocycles. The van der Waals surface area contributed by atoms with E-state index in [1.54, 1.807) is 0 Å². The summed E-state index contributed by atoms with van der Waals surface area (Å²) in [6.07, 6.45) is 1.63. The Morgan fingerprint density at radius 1 is 1.05 bits per heavy atom. The van der Waals surface area contributed by atoms with Crippen molar-refractivity contribution < 1.29 is 4.74 Å². The predicted octanol–water partition coefficient (Wildman–Crippen LogP) is 4.07. The van der Waals surface area contributed by atoms with Crippen LogP contribution in [0.2, 0.25) is 0 Å². The maximum absolute atomic E-state index is 9.13. The van der Waals surface area contributed by atoms with E-state index in [1.807, 2.05) is 24.3 Å². The summed E-state index contributed by atoms with van der Waals surface area (Å²) < 4.78 is 5.86. The highest BCUT2D eigenvalue weighted by atomic mass is 16.5. The molecule has 2 aromatic rings. The minimum absolute atomic E-state index is 0.0205. The van der Waals surface area contributed by atoms with Crippen molar-refractivity contribution in [1.29, 1.82) is 5.26 Å². The van der Waals surface area contributed by atoms with Crippen LogP contribution < -0.4 is 0 Å². The summed E-state index contributed by atoms with van der Waals surface area (Å²) in [6, 6.07) is 23.0. The lowest BCUT2D eigenvalue weighted by atomic mass is 9.90. The van der Waals surface area contributed by atoms with Crippen LogP contribution in [0.15, 0.2) is 60.7 Å². The minimum Gasteiger partial charge on any atom is -0.376 e. The van der Waals surface area contributed by atoms with Gasteiger partial charge in [0.05, 0.1) is 19.3 Å². The first-order chi connectivity index (χ1) is 10.3. The molecule has 2 nitrogen and oxygen atoms in total. The summed E-state index contributed by atoms with van der Waals surface area (Å²) >= 11 is 0. The van der Waals surface area contributed by atoms with E-state index in [0.717, 1.165) is 13.0 Å². The molecule has 21 heavy (non-hydrogen) atoms. The fourth-order valence-electron chi connectivity index (χ4n) is 3.08. The summed E-state index contributed by atoms with van der Waals surface area (Å²) in [4.78, 5) is 0. The van der Waals surface area contributed by atoms with Crippen LogP contribution in [0, 0.1) is 17.2 Å². The molecular formula is C19H19NO. The molecule has 0 saturated heterocycles. The largest absolute Gasteiger partial charge is 0.376 e. The molecule has 0 amide bonds. The van der Waals surface area contributed by atoms with Crippen molar-refractivity contribution in [3.8, 4) is 6.07 Å². The molecule has 2 aromatic carbocycles. The summed E-state index contributed by atoms with van der Waals surface area (Å²) in [5.74, 6) is 0.461. The van der Waals surface area contributed by atoms with Crippen molar-refractivity contribution in [1.82, 2.24) is 0 Å². The summed E-state index contributed by atoms with van der Waals surface area (Å²) in [6.45, 7) is 1.38. The van der Waals surface area contributed by atoms with Crippen molar-refractivity contribution in [3.63, 3.8) is 0 Å². The highest BCUT2D eigenvalue weighted by Crippen LogP contribution is 2.56. The van der Waals surface area contributed by atoms with E-state index in [-0.39, 0.29) is 5.41 Å². The Balaban J connectivity index is 1.59. The van der Waals surface area contributed by atoms with Crippen LogP contribution in [0.5, 0.6) is 0 Å². The second-order valence-electron chi connectivity index (χ2n) is 5.76. The third-order valence-electron chi connectivity index (χ3n) is 4.41. The quantitative estimate of drug-likeness (QED) is 0.797.